The predicted octanol–water partition coefficient (Wildman–Crippen LogP) is 2.48. The van der Waals surface area contributed by atoms with Gasteiger partial charge in [0.15, 0.2) is 11.6 Å². The summed E-state index contributed by atoms with van der Waals surface area (Å²) in [6.07, 6.45) is 2.41. The van der Waals surface area contributed by atoms with Crippen molar-refractivity contribution in [3.05, 3.63) is 59.2 Å². The van der Waals surface area contributed by atoms with Crippen LogP contribution in [0.25, 0.3) is 0 Å². The molecule has 0 radical (unpaired) electrons. The van der Waals surface area contributed by atoms with Gasteiger partial charge in [0.1, 0.15) is 11.5 Å². The fourth-order valence-corrected chi connectivity index (χ4v) is 2.38. The summed E-state index contributed by atoms with van der Waals surface area (Å²) in [4.78, 5) is 20.6. The molecule has 1 amide bonds. The van der Waals surface area contributed by atoms with Crippen molar-refractivity contribution in [3.8, 4) is 0 Å². The summed E-state index contributed by atoms with van der Waals surface area (Å²) in [7, 11) is 0. The molecule has 126 valence electrons. The second kappa shape index (κ2) is 6.60. The number of rotatable bonds is 5. The maximum absolute atomic E-state index is 13.3. The summed E-state index contributed by atoms with van der Waals surface area (Å²) < 4.78 is 26.2. The molecular formula is C17H17F2N3O2. The molecule has 5 nitrogen and oxygen atoms in total. The summed E-state index contributed by atoms with van der Waals surface area (Å²) in [6.45, 7) is 1.58. The van der Waals surface area contributed by atoms with Crippen molar-refractivity contribution in [1.29, 1.82) is 0 Å². The van der Waals surface area contributed by atoms with Crippen molar-refractivity contribution in [2.24, 2.45) is 0 Å². The van der Waals surface area contributed by atoms with Gasteiger partial charge in [-0.3, -0.25) is 4.79 Å². The average molecular weight is 333 g/mol. The zero-order chi connectivity index (χ0) is 17.3. The van der Waals surface area contributed by atoms with Crippen molar-refractivity contribution >= 4 is 5.91 Å². The van der Waals surface area contributed by atoms with Gasteiger partial charge in [0, 0.05) is 12.1 Å². The van der Waals surface area contributed by atoms with E-state index in [1.807, 2.05) is 0 Å². The lowest BCUT2D eigenvalue weighted by molar-refractivity contribution is 0.0846. The van der Waals surface area contributed by atoms with Gasteiger partial charge in [0.05, 0.1) is 12.1 Å². The van der Waals surface area contributed by atoms with Gasteiger partial charge in [-0.15, -0.1) is 0 Å². The standard InChI is InChI=1S/C17H17F2N3O2/c1-9(15(23)11-4-5-12(18)13(19)8-11)21-17(24)14-6-7-20-16(22-14)10-2-3-10/h4-10,15,23H,2-3H2,1H3,(H,21,24). The van der Waals surface area contributed by atoms with Gasteiger partial charge in [0.25, 0.3) is 5.91 Å². The molecule has 2 N–H and O–H groups in total. The van der Waals surface area contributed by atoms with E-state index in [2.05, 4.69) is 15.3 Å². The first-order valence-electron chi connectivity index (χ1n) is 7.72. The number of benzene rings is 1. The van der Waals surface area contributed by atoms with E-state index in [0.29, 0.717) is 11.7 Å². The van der Waals surface area contributed by atoms with Gasteiger partial charge in [-0.05, 0) is 43.5 Å². The Morgan fingerprint density at radius 1 is 1.29 bits per heavy atom. The van der Waals surface area contributed by atoms with Crippen LogP contribution in [-0.2, 0) is 0 Å². The van der Waals surface area contributed by atoms with E-state index in [-0.39, 0.29) is 11.3 Å². The minimum absolute atomic E-state index is 0.183. The van der Waals surface area contributed by atoms with Crippen LogP contribution in [0.2, 0.25) is 0 Å². The summed E-state index contributed by atoms with van der Waals surface area (Å²) in [5.41, 5.74) is 0.402. The molecule has 1 saturated carbocycles. The molecule has 3 rings (SSSR count). The smallest absolute Gasteiger partial charge is 0.270 e. The molecule has 0 spiro atoms. The molecule has 7 heteroatoms. The number of amides is 1. The number of nitrogens with zero attached hydrogens (tertiary/aromatic N) is 2. The quantitative estimate of drug-likeness (QED) is 0.881. The third kappa shape index (κ3) is 3.56. The van der Waals surface area contributed by atoms with E-state index in [1.54, 1.807) is 6.92 Å². The van der Waals surface area contributed by atoms with Gasteiger partial charge in [-0.25, -0.2) is 18.7 Å². The Hall–Kier alpha value is -2.41. The van der Waals surface area contributed by atoms with E-state index >= 15 is 0 Å². The molecule has 0 saturated heterocycles. The highest BCUT2D eigenvalue weighted by atomic mass is 19.2. The Kier molecular flexibility index (Phi) is 4.53. The second-order valence-corrected chi connectivity index (χ2v) is 5.95. The molecule has 2 aromatic rings. The van der Waals surface area contributed by atoms with Crippen molar-refractivity contribution in [3.63, 3.8) is 0 Å². The first-order chi connectivity index (χ1) is 11.5. The number of nitrogens with one attached hydrogen (secondary N) is 1. The van der Waals surface area contributed by atoms with E-state index in [4.69, 9.17) is 0 Å². The van der Waals surface area contributed by atoms with E-state index < -0.39 is 29.7 Å². The summed E-state index contributed by atoms with van der Waals surface area (Å²) in [5.74, 6) is -1.51. The maximum Gasteiger partial charge on any atom is 0.270 e. The molecule has 0 aliphatic heterocycles. The third-order valence-corrected chi connectivity index (χ3v) is 3.97. The monoisotopic (exact) mass is 333 g/mol. The number of halogens is 2. The highest BCUT2D eigenvalue weighted by molar-refractivity contribution is 5.92. The molecule has 1 heterocycles. The Balaban J connectivity index is 1.68. The van der Waals surface area contributed by atoms with Crippen LogP contribution in [0, 0.1) is 11.6 Å². The highest BCUT2D eigenvalue weighted by Gasteiger charge is 2.27. The SMILES string of the molecule is CC(NC(=O)c1ccnc(C2CC2)n1)C(O)c1ccc(F)c(F)c1. The molecule has 2 unspecified atom stereocenters. The zero-order valence-corrected chi connectivity index (χ0v) is 13.0. The molecule has 1 aromatic heterocycles. The Labute approximate surface area is 137 Å². The number of hydrogen-bond donors (Lipinski definition) is 2. The van der Waals surface area contributed by atoms with Crippen LogP contribution in [0.1, 0.15) is 53.7 Å². The summed E-state index contributed by atoms with van der Waals surface area (Å²) in [6, 6.07) is 3.92. The molecule has 1 aliphatic carbocycles. The first-order valence-corrected chi connectivity index (χ1v) is 7.72. The lowest BCUT2D eigenvalue weighted by atomic mass is 10.0. The predicted molar refractivity (Wildman–Crippen MR) is 82.3 cm³/mol. The maximum atomic E-state index is 13.3. The van der Waals surface area contributed by atoms with Crippen LogP contribution in [0.15, 0.2) is 30.5 Å². The van der Waals surface area contributed by atoms with Crippen LogP contribution >= 0.6 is 0 Å². The lowest BCUT2D eigenvalue weighted by Gasteiger charge is -2.20. The largest absolute Gasteiger partial charge is 0.386 e. The summed E-state index contributed by atoms with van der Waals surface area (Å²) >= 11 is 0. The third-order valence-electron chi connectivity index (χ3n) is 3.97. The lowest BCUT2D eigenvalue weighted by Crippen LogP contribution is -2.37. The van der Waals surface area contributed by atoms with Crippen LogP contribution in [0.5, 0.6) is 0 Å². The molecule has 0 bridgehead atoms. The molecule has 1 aliphatic rings. The van der Waals surface area contributed by atoms with E-state index in [9.17, 15) is 18.7 Å². The fraction of sp³-hybridized carbons (Fsp3) is 0.353. The van der Waals surface area contributed by atoms with Crippen LogP contribution in [-0.4, -0.2) is 27.0 Å². The van der Waals surface area contributed by atoms with E-state index in [1.165, 1.54) is 18.3 Å². The Bertz CT molecular complexity index is 765. The number of carbonyl (C=O) groups excluding carboxylic acids is 1. The van der Waals surface area contributed by atoms with Gasteiger partial charge in [-0.2, -0.15) is 0 Å². The minimum atomic E-state index is -1.17. The fourth-order valence-electron chi connectivity index (χ4n) is 2.38. The molecular weight excluding hydrogens is 316 g/mol. The Morgan fingerprint density at radius 3 is 2.71 bits per heavy atom. The van der Waals surface area contributed by atoms with Crippen LogP contribution in [0.4, 0.5) is 8.78 Å². The molecule has 24 heavy (non-hydrogen) atoms. The number of hydrogen-bond acceptors (Lipinski definition) is 4. The van der Waals surface area contributed by atoms with Crippen LogP contribution in [0.3, 0.4) is 0 Å². The van der Waals surface area contributed by atoms with Crippen molar-refractivity contribution in [2.75, 3.05) is 0 Å². The number of aliphatic hydroxyl groups excluding tert-OH is 1. The topological polar surface area (TPSA) is 75.1 Å². The molecule has 1 aromatic carbocycles. The van der Waals surface area contributed by atoms with Gasteiger partial charge >= 0.3 is 0 Å². The minimum Gasteiger partial charge on any atom is -0.386 e. The second-order valence-electron chi connectivity index (χ2n) is 5.95. The molecule has 1 fully saturated rings. The summed E-state index contributed by atoms with van der Waals surface area (Å²) in [5, 5.41) is 12.8. The van der Waals surface area contributed by atoms with Gasteiger partial charge in [0.2, 0.25) is 0 Å². The molecule has 2 atom stereocenters. The Morgan fingerprint density at radius 2 is 2.04 bits per heavy atom. The van der Waals surface area contributed by atoms with Crippen molar-refractivity contribution in [1.82, 2.24) is 15.3 Å². The highest BCUT2D eigenvalue weighted by Crippen LogP contribution is 2.37. The normalized spacial score (nSPS) is 16.5. The number of carbonyl (C=O) groups is 1. The number of aliphatic hydroxyl groups is 1. The average Bonchev–Trinajstić information content (AvgIpc) is 3.41. The van der Waals surface area contributed by atoms with Crippen molar-refractivity contribution < 1.29 is 18.7 Å². The van der Waals surface area contributed by atoms with E-state index in [0.717, 1.165) is 25.0 Å². The van der Waals surface area contributed by atoms with Crippen LogP contribution < -0.4 is 5.32 Å². The number of aromatic nitrogens is 2. The first kappa shape index (κ1) is 16.4. The van der Waals surface area contributed by atoms with Crippen molar-refractivity contribution in [2.45, 2.75) is 37.8 Å². The van der Waals surface area contributed by atoms with Gasteiger partial charge in [-0.1, -0.05) is 6.07 Å². The zero-order valence-electron chi connectivity index (χ0n) is 13.0. The van der Waals surface area contributed by atoms with Gasteiger partial charge < -0.3 is 10.4 Å².